The zero-order valence-corrected chi connectivity index (χ0v) is 7.89. The number of nitrogens with one attached hydrogen (secondary N) is 1. The molecule has 0 aliphatic heterocycles. The van der Waals surface area contributed by atoms with Crippen molar-refractivity contribution in [3.8, 4) is 12.3 Å². The summed E-state index contributed by atoms with van der Waals surface area (Å²) in [7, 11) is 0. The Balaban J connectivity index is 0. The molecule has 12 heavy (non-hydrogen) atoms. The van der Waals surface area contributed by atoms with Gasteiger partial charge in [-0.25, -0.2) is 0 Å². The first-order valence-electron chi connectivity index (χ1n) is 3.85. The topological polar surface area (TPSA) is 49.9 Å². The van der Waals surface area contributed by atoms with E-state index < -0.39 is 0 Å². The Morgan fingerprint density at radius 3 is 2.25 bits per heavy atom. The summed E-state index contributed by atoms with van der Waals surface area (Å²) in [4.78, 5) is 0. The van der Waals surface area contributed by atoms with Gasteiger partial charge in [-0.2, -0.15) is 0 Å². The molecule has 0 spiro atoms. The summed E-state index contributed by atoms with van der Waals surface area (Å²) in [6, 6.07) is 0. The lowest BCUT2D eigenvalue weighted by Gasteiger charge is -1.93. The van der Waals surface area contributed by atoms with E-state index in [-0.39, 0.29) is 5.84 Å². The van der Waals surface area contributed by atoms with Gasteiger partial charge in [0.1, 0.15) is 5.84 Å². The van der Waals surface area contributed by atoms with E-state index in [0.717, 1.165) is 0 Å². The molecule has 0 heterocycles. The highest BCUT2D eigenvalue weighted by molar-refractivity contribution is 5.97. The lowest BCUT2D eigenvalue weighted by Crippen LogP contribution is -2.11. The van der Waals surface area contributed by atoms with Gasteiger partial charge >= 0.3 is 0 Å². The number of hydrogen-bond donors (Lipinski definition) is 2. The minimum Gasteiger partial charge on any atom is -0.384 e. The van der Waals surface area contributed by atoms with Crippen LogP contribution in [0.3, 0.4) is 0 Å². The third kappa shape index (κ3) is 6.63. The Hall–Kier alpha value is -1.49. The molecule has 2 heteroatoms. The molecule has 0 saturated heterocycles. The van der Waals surface area contributed by atoms with Crippen LogP contribution in [0.5, 0.6) is 0 Å². The first-order valence-corrected chi connectivity index (χ1v) is 3.85. The fraction of sp³-hybridized carbons (Fsp3) is 0.300. The number of terminal acetylenes is 1. The van der Waals surface area contributed by atoms with Crippen LogP contribution in [0.4, 0.5) is 0 Å². The number of amidine groups is 1. The lowest BCUT2D eigenvalue weighted by molar-refractivity contribution is 1.43. The van der Waals surface area contributed by atoms with Crippen molar-refractivity contribution >= 4 is 5.84 Å². The molecule has 0 rings (SSSR count). The normalized spacial score (nSPS) is 10.0. The van der Waals surface area contributed by atoms with Gasteiger partial charge in [0.25, 0.3) is 0 Å². The first kappa shape index (κ1) is 13.1. The number of nitrogens with two attached hydrogens (primary N) is 1. The largest absolute Gasteiger partial charge is 0.384 e. The maximum Gasteiger partial charge on any atom is 0.123 e. The van der Waals surface area contributed by atoms with E-state index in [1.54, 1.807) is 12.2 Å². The quantitative estimate of drug-likeness (QED) is 0.279. The molecular weight excluding hydrogens is 148 g/mol. The van der Waals surface area contributed by atoms with Gasteiger partial charge in [0, 0.05) is 5.57 Å². The third-order valence-electron chi connectivity index (χ3n) is 0.896. The van der Waals surface area contributed by atoms with E-state index in [1.807, 2.05) is 20.8 Å². The van der Waals surface area contributed by atoms with Crippen molar-refractivity contribution in [1.82, 2.24) is 0 Å². The molecule has 0 atom stereocenters. The van der Waals surface area contributed by atoms with Gasteiger partial charge in [-0.3, -0.25) is 5.41 Å². The second-order valence-electron chi connectivity index (χ2n) is 1.68. The number of rotatable bonds is 2. The molecule has 0 bridgehead atoms. The Kier molecular flexibility index (Phi) is 10.4. The van der Waals surface area contributed by atoms with Crippen molar-refractivity contribution in [2.45, 2.75) is 20.8 Å². The molecule has 0 fully saturated rings. The van der Waals surface area contributed by atoms with Crippen molar-refractivity contribution in [2.24, 2.45) is 5.73 Å². The maximum atomic E-state index is 7.02. The van der Waals surface area contributed by atoms with Crippen molar-refractivity contribution < 1.29 is 0 Å². The fourth-order valence-corrected chi connectivity index (χ4v) is 0.485. The smallest absolute Gasteiger partial charge is 0.123 e. The van der Waals surface area contributed by atoms with E-state index in [1.165, 1.54) is 6.08 Å². The molecular formula is C10H16N2. The van der Waals surface area contributed by atoms with Crippen LogP contribution in [0.25, 0.3) is 0 Å². The van der Waals surface area contributed by atoms with Crippen LogP contribution >= 0.6 is 0 Å². The molecule has 0 aliphatic carbocycles. The Morgan fingerprint density at radius 1 is 1.50 bits per heavy atom. The van der Waals surface area contributed by atoms with E-state index in [4.69, 9.17) is 17.6 Å². The number of allylic oxidation sites excluding steroid dienone is 2. The van der Waals surface area contributed by atoms with E-state index in [9.17, 15) is 0 Å². The molecule has 0 unspecified atom stereocenters. The molecule has 66 valence electrons. The van der Waals surface area contributed by atoms with Crippen LogP contribution in [-0.2, 0) is 0 Å². The average molecular weight is 164 g/mol. The van der Waals surface area contributed by atoms with Crippen LogP contribution in [-0.4, -0.2) is 5.84 Å². The average Bonchev–Trinajstić information content (AvgIpc) is 2.08. The van der Waals surface area contributed by atoms with Crippen molar-refractivity contribution in [3.63, 3.8) is 0 Å². The van der Waals surface area contributed by atoms with Crippen molar-refractivity contribution in [1.29, 1.82) is 5.41 Å². The van der Waals surface area contributed by atoms with Gasteiger partial charge in [-0.05, 0) is 13.0 Å². The maximum absolute atomic E-state index is 7.02. The van der Waals surface area contributed by atoms with E-state index in [2.05, 4.69) is 5.92 Å². The van der Waals surface area contributed by atoms with Crippen LogP contribution < -0.4 is 5.73 Å². The molecule has 0 amide bonds. The fourth-order valence-electron chi connectivity index (χ4n) is 0.485. The SMILES string of the molecule is C#C/C=C(\C=C/C)C(=N)N.CC. The predicted octanol–water partition coefficient (Wildman–Crippen LogP) is 2.08. The highest BCUT2D eigenvalue weighted by Crippen LogP contribution is 1.93. The highest BCUT2D eigenvalue weighted by Gasteiger charge is 1.91. The standard InChI is InChI=1S/C8H10N2.C2H6/c1-3-5-7(6-4-2)8(9)10;1-2/h1,4-6H,2H3,(H3,9,10);1-2H3/b6-4-,7-5+;. The molecule has 0 aromatic heterocycles. The minimum absolute atomic E-state index is 0.00366. The summed E-state index contributed by atoms with van der Waals surface area (Å²) < 4.78 is 0. The summed E-state index contributed by atoms with van der Waals surface area (Å²) in [5.74, 6) is 2.30. The summed E-state index contributed by atoms with van der Waals surface area (Å²) in [6.45, 7) is 5.84. The zero-order chi connectivity index (χ0) is 9.98. The summed E-state index contributed by atoms with van der Waals surface area (Å²) in [6.07, 6.45) is 9.92. The molecule has 0 aromatic carbocycles. The van der Waals surface area contributed by atoms with Crippen LogP contribution in [0.15, 0.2) is 23.8 Å². The van der Waals surface area contributed by atoms with Gasteiger partial charge < -0.3 is 5.73 Å². The minimum atomic E-state index is -0.00366. The van der Waals surface area contributed by atoms with Gasteiger partial charge in [0.05, 0.1) is 0 Å². The van der Waals surface area contributed by atoms with Crippen molar-refractivity contribution in [2.75, 3.05) is 0 Å². The molecule has 0 aliphatic rings. The van der Waals surface area contributed by atoms with Gasteiger partial charge in [0.15, 0.2) is 0 Å². The van der Waals surface area contributed by atoms with Crippen molar-refractivity contribution in [3.05, 3.63) is 23.8 Å². The van der Waals surface area contributed by atoms with Gasteiger partial charge in [-0.1, -0.05) is 31.9 Å². The summed E-state index contributed by atoms with van der Waals surface area (Å²) >= 11 is 0. The zero-order valence-electron chi connectivity index (χ0n) is 7.89. The molecule has 0 aromatic rings. The highest BCUT2D eigenvalue weighted by atomic mass is 14.7. The Labute approximate surface area is 74.7 Å². The second kappa shape index (κ2) is 9.51. The molecule has 0 saturated carbocycles. The van der Waals surface area contributed by atoms with E-state index in [0.29, 0.717) is 5.57 Å². The van der Waals surface area contributed by atoms with Crippen LogP contribution in [0.2, 0.25) is 0 Å². The molecule has 3 N–H and O–H groups in total. The predicted molar refractivity (Wildman–Crippen MR) is 55.0 cm³/mol. The van der Waals surface area contributed by atoms with Gasteiger partial charge in [-0.15, -0.1) is 6.42 Å². The van der Waals surface area contributed by atoms with E-state index >= 15 is 0 Å². The second-order valence-corrected chi connectivity index (χ2v) is 1.68. The van der Waals surface area contributed by atoms with Gasteiger partial charge in [0.2, 0.25) is 0 Å². The molecule has 2 nitrogen and oxygen atoms in total. The van der Waals surface area contributed by atoms with Crippen LogP contribution in [0, 0.1) is 17.8 Å². The lowest BCUT2D eigenvalue weighted by atomic mass is 10.2. The Morgan fingerprint density at radius 2 is 2.00 bits per heavy atom. The first-order chi connectivity index (χ1) is 5.72. The third-order valence-corrected chi connectivity index (χ3v) is 0.896. The summed E-state index contributed by atoms with van der Waals surface area (Å²) in [5, 5.41) is 7.02. The monoisotopic (exact) mass is 164 g/mol. The number of hydrogen-bond acceptors (Lipinski definition) is 1. The Bertz CT molecular complexity index is 216. The van der Waals surface area contributed by atoms with Crippen LogP contribution in [0.1, 0.15) is 20.8 Å². The summed E-state index contributed by atoms with van der Waals surface area (Å²) in [5.41, 5.74) is 5.75. The molecule has 0 radical (unpaired) electrons.